The van der Waals surface area contributed by atoms with Crippen LogP contribution in [0.3, 0.4) is 0 Å². The molecule has 0 aromatic carbocycles. The molecule has 4 rings (SSSR count). The summed E-state index contributed by atoms with van der Waals surface area (Å²) >= 11 is 0. The lowest BCUT2D eigenvalue weighted by Crippen LogP contribution is -2.15. The van der Waals surface area contributed by atoms with Gasteiger partial charge < -0.3 is 0 Å². The van der Waals surface area contributed by atoms with Crippen molar-refractivity contribution in [1.29, 1.82) is 0 Å². The van der Waals surface area contributed by atoms with E-state index in [4.69, 9.17) is 0 Å². The first-order valence-corrected chi connectivity index (χ1v) is 12.3. The standard InChI is InChI=1S/2C15H22/c2*1-10(2)13-8-6-12(4)14-7-5-11(3)9-15(13)14/h2*5,12H,6-9H2,1-4H3. The molecule has 0 heteroatoms. The molecule has 0 fully saturated rings. The summed E-state index contributed by atoms with van der Waals surface area (Å²) in [5.41, 5.74) is 16.3. The minimum absolute atomic E-state index is 0.812. The van der Waals surface area contributed by atoms with Crippen LogP contribution in [0, 0.1) is 11.8 Å². The van der Waals surface area contributed by atoms with E-state index in [0.717, 1.165) is 11.8 Å². The third-order valence-corrected chi connectivity index (χ3v) is 7.81. The Labute approximate surface area is 186 Å². The zero-order valence-corrected chi connectivity index (χ0v) is 21.0. The molecule has 0 N–H and O–H groups in total. The van der Waals surface area contributed by atoms with E-state index >= 15 is 0 Å². The lowest BCUT2D eigenvalue weighted by Gasteiger charge is -2.32. The van der Waals surface area contributed by atoms with Crippen molar-refractivity contribution in [3.05, 3.63) is 67.9 Å². The van der Waals surface area contributed by atoms with E-state index < -0.39 is 0 Å². The summed E-state index contributed by atoms with van der Waals surface area (Å²) in [6.07, 6.45) is 15.0. The van der Waals surface area contributed by atoms with Crippen molar-refractivity contribution in [2.45, 2.75) is 107 Å². The van der Waals surface area contributed by atoms with Gasteiger partial charge in [-0.2, -0.15) is 0 Å². The van der Waals surface area contributed by atoms with E-state index in [-0.39, 0.29) is 0 Å². The fourth-order valence-electron chi connectivity index (χ4n) is 5.82. The molecule has 0 aliphatic heterocycles. The fraction of sp³-hybridized carbons (Fsp3) is 0.600. The molecule has 0 amide bonds. The van der Waals surface area contributed by atoms with Crippen molar-refractivity contribution in [2.75, 3.05) is 0 Å². The third kappa shape index (κ3) is 5.01. The van der Waals surface area contributed by atoms with E-state index in [1.165, 1.54) is 62.5 Å². The van der Waals surface area contributed by atoms with Crippen molar-refractivity contribution in [1.82, 2.24) is 0 Å². The van der Waals surface area contributed by atoms with E-state index in [1.54, 1.807) is 44.6 Å². The van der Waals surface area contributed by atoms with Crippen LogP contribution in [0.5, 0.6) is 0 Å². The van der Waals surface area contributed by atoms with Crippen molar-refractivity contribution < 1.29 is 0 Å². The van der Waals surface area contributed by atoms with Crippen LogP contribution in [0.1, 0.15) is 107 Å². The zero-order valence-electron chi connectivity index (χ0n) is 21.0. The van der Waals surface area contributed by atoms with Gasteiger partial charge in [-0.05, 0) is 127 Å². The molecule has 0 heterocycles. The summed E-state index contributed by atoms with van der Waals surface area (Å²) in [6, 6.07) is 0. The van der Waals surface area contributed by atoms with Gasteiger partial charge in [-0.25, -0.2) is 0 Å². The van der Waals surface area contributed by atoms with Crippen LogP contribution in [0.15, 0.2) is 67.9 Å². The number of hydrogen-bond donors (Lipinski definition) is 0. The molecule has 0 aromatic rings. The topological polar surface area (TPSA) is 0 Å². The zero-order chi connectivity index (χ0) is 22.0. The number of hydrogen-bond acceptors (Lipinski definition) is 0. The number of rotatable bonds is 0. The Hall–Kier alpha value is -1.56. The average molecular weight is 405 g/mol. The largest absolute Gasteiger partial charge is 0.0812 e. The molecule has 30 heavy (non-hydrogen) atoms. The Morgan fingerprint density at radius 3 is 1.37 bits per heavy atom. The maximum atomic E-state index is 2.42. The predicted molar refractivity (Wildman–Crippen MR) is 134 cm³/mol. The second kappa shape index (κ2) is 9.71. The highest BCUT2D eigenvalue weighted by Gasteiger charge is 2.26. The molecule has 0 aromatic heterocycles. The molecule has 0 radical (unpaired) electrons. The molecule has 0 spiro atoms. The lowest BCUT2D eigenvalue weighted by molar-refractivity contribution is 0.560. The van der Waals surface area contributed by atoms with Gasteiger partial charge in [0, 0.05) is 0 Å². The Kier molecular flexibility index (Phi) is 7.48. The Balaban J connectivity index is 0.000000171. The molecule has 2 atom stereocenters. The Morgan fingerprint density at radius 2 is 1.03 bits per heavy atom. The molecule has 0 bridgehead atoms. The van der Waals surface area contributed by atoms with Gasteiger partial charge in [-0.1, -0.05) is 59.4 Å². The first kappa shape index (κ1) is 23.1. The van der Waals surface area contributed by atoms with Gasteiger partial charge in [0.05, 0.1) is 0 Å². The first-order chi connectivity index (χ1) is 14.2. The summed E-state index contributed by atoms with van der Waals surface area (Å²) in [5, 5.41) is 0. The molecular formula is C30H44. The van der Waals surface area contributed by atoms with E-state index in [9.17, 15) is 0 Å². The van der Waals surface area contributed by atoms with E-state index in [2.05, 4.69) is 67.5 Å². The second-order valence-electron chi connectivity index (χ2n) is 10.7. The SMILES string of the molecule is CC1=CCC2=C(C1)C(=C(C)C)CCC2C.CC1=CCC2=C(C1)C(=C(C)C)CCC2C. The molecule has 2 unspecified atom stereocenters. The van der Waals surface area contributed by atoms with Gasteiger partial charge in [-0.15, -0.1) is 0 Å². The van der Waals surface area contributed by atoms with Gasteiger partial charge in [0.1, 0.15) is 0 Å². The minimum Gasteiger partial charge on any atom is -0.0812 e. The molecule has 164 valence electrons. The highest BCUT2D eigenvalue weighted by molar-refractivity contribution is 5.47. The Morgan fingerprint density at radius 1 is 0.667 bits per heavy atom. The van der Waals surface area contributed by atoms with Crippen LogP contribution in [-0.4, -0.2) is 0 Å². The molecule has 0 nitrogen and oxygen atoms in total. The molecular weight excluding hydrogens is 360 g/mol. The second-order valence-corrected chi connectivity index (χ2v) is 10.7. The van der Waals surface area contributed by atoms with Gasteiger partial charge in [0.2, 0.25) is 0 Å². The van der Waals surface area contributed by atoms with Crippen molar-refractivity contribution in [2.24, 2.45) is 11.8 Å². The van der Waals surface area contributed by atoms with E-state index in [1.807, 2.05) is 0 Å². The highest BCUT2D eigenvalue weighted by Crippen LogP contribution is 2.43. The fourth-order valence-corrected chi connectivity index (χ4v) is 5.82. The van der Waals surface area contributed by atoms with Crippen LogP contribution in [-0.2, 0) is 0 Å². The molecule has 0 saturated heterocycles. The average Bonchev–Trinajstić information content (AvgIpc) is 2.68. The molecule has 0 saturated carbocycles. The van der Waals surface area contributed by atoms with Gasteiger partial charge >= 0.3 is 0 Å². The first-order valence-electron chi connectivity index (χ1n) is 12.3. The normalized spacial score (nSPS) is 26.3. The van der Waals surface area contributed by atoms with Crippen LogP contribution >= 0.6 is 0 Å². The lowest BCUT2D eigenvalue weighted by atomic mass is 9.74. The molecule has 4 aliphatic carbocycles. The summed E-state index contributed by atoms with van der Waals surface area (Å²) < 4.78 is 0. The van der Waals surface area contributed by atoms with Gasteiger partial charge in [0.15, 0.2) is 0 Å². The summed E-state index contributed by atoms with van der Waals surface area (Å²) in [5.74, 6) is 1.62. The van der Waals surface area contributed by atoms with E-state index in [0.29, 0.717) is 0 Å². The smallest absolute Gasteiger partial charge is 0.00673 e. The summed E-state index contributed by atoms with van der Waals surface area (Å²) in [4.78, 5) is 0. The molecule has 4 aliphatic rings. The van der Waals surface area contributed by atoms with Crippen molar-refractivity contribution >= 4 is 0 Å². The van der Waals surface area contributed by atoms with Crippen LogP contribution < -0.4 is 0 Å². The monoisotopic (exact) mass is 404 g/mol. The number of allylic oxidation sites excluding steroid dienone is 12. The van der Waals surface area contributed by atoms with Crippen LogP contribution in [0.2, 0.25) is 0 Å². The van der Waals surface area contributed by atoms with Crippen LogP contribution in [0.4, 0.5) is 0 Å². The summed E-state index contributed by atoms with van der Waals surface area (Å²) in [7, 11) is 0. The van der Waals surface area contributed by atoms with Gasteiger partial charge in [-0.3, -0.25) is 0 Å². The summed E-state index contributed by atoms with van der Waals surface area (Å²) in [6.45, 7) is 18.4. The predicted octanol–water partition coefficient (Wildman–Crippen LogP) is 9.58. The third-order valence-electron chi connectivity index (χ3n) is 7.81. The van der Waals surface area contributed by atoms with Crippen molar-refractivity contribution in [3.8, 4) is 0 Å². The quantitative estimate of drug-likeness (QED) is 0.352. The van der Waals surface area contributed by atoms with Crippen LogP contribution in [0.25, 0.3) is 0 Å². The van der Waals surface area contributed by atoms with Gasteiger partial charge in [0.25, 0.3) is 0 Å². The Bertz CT molecular complexity index is 793. The maximum absolute atomic E-state index is 2.42. The minimum atomic E-state index is 0.812. The maximum Gasteiger partial charge on any atom is -0.00673 e. The highest BCUT2D eigenvalue weighted by atomic mass is 14.3. The van der Waals surface area contributed by atoms with Crippen molar-refractivity contribution in [3.63, 3.8) is 0 Å².